The van der Waals surface area contributed by atoms with E-state index >= 15 is 0 Å². The van der Waals surface area contributed by atoms with Crippen LogP contribution < -0.4 is 11.3 Å². The molecule has 0 unspecified atom stereocenters. The van der Waals surface area contributed by atoms with Gasteiger partial charge in [0.1, 0.15) is 0 Å². The Balaban J connectivity index is 0.000000220. The number of hydrogen-bond donors (Lipinski definition) is 2. The Morgan fingerprint density at radius 3 is 2.00 bits per heavy atom. The Hall–Kier alpha value is -1.84. The monoisotopic (exact) mass is 430 g/mol. The highest BCUT2D eigenvalue weighted by Crippen LogP contribution is 2.10. The third-order valence-electron chi connectivity index (χ3n) is 2.22. The average Bonchev–Trinajstić information content (AvgIpc) is 2.54. The molecule has 22 heavy (non-hydrogen) atoms. The van der Waals surface area contributed by atoms with E-state index in [0.29, 0.717) is 11.1 Å². The lowest BCUT2D eigenvalue weighted by Crippen LogP contribution is -2.30. The predicted molar refractivity (Wildman–Crippen MR) is 86.9 cm³/mol. The van der Waals surface area contributed by atoms with Crippen molar-refractivity contribution in [1.29, 1.82) is 0 Å². The average molecular weight is 432 g/mol. The van der Waals surface area contributed by atoms with Crippen LogP contribution in [-0.2, 0) is 4.74 Å². The van der Waals surface area contributed by atoms with Crippen LogP contribution in [0.3, 0.4) is 0 Å². The van der Waals surface area contributed by atoms with Crippen LogP contribution in [0.1, 0.15) is 20.7 Å². The van der Waals surface area contributed by atoms with Crippen molar-refractivity contribution < 1.29 is 14.3 Å². The third kappa shape index (κ3) is 5.88. The molecule has 0 saturated heterocycles. The van der Waals surface area contributed by atoms with Gasteiger partial charge in [-0.05, 0) is 44.0 Å². The number of carbonyl (C=O) groups is 2. The molecular formula is C13H12Br2N4O3. The smallest absolute Gasteiger partial charge is 0.339 e. The van der Waals surface area contributed by atoms with Gasteiger partial charge in [0.05, 0.1) is 18.2 Å². The number of nitrogens with zero attached hydrogens (tertiary/aromatic N) is 2. The second-order valence-electron chi connectivity index (χ2n) is 3.75. The number of esters is 1. The van der Waals surface area contributed by atoms with Crippen LogP contribution in [0, 0.1) is 0 Å². The maximum Gasteiger partial charge on any atom is 0.339 e. The molecule has 2 aromatic rings. The Morgan fingerprint density at radius 2 is 1.55 bits per heavy atom. The molecule has 0 bridgehead atoms. The van der Waals surface area contributed by atoms with Crippen molar-refractivity contribution in [3.8, 4) is 0 Å². The summed E-state index contributed by atoms with van der Waals surface area (Å²) in [6.07, 6.45) is 6.09. The molecule has 0 fully saturated rings. The summed E-state index contributed by atoms with van der Waals surface area (Å²) in [7, 11) is 1.34. The number of aromatic nitrogens is 2. The summed E-state index contributed by atoms with van der Waals surface area (Å²) in [5.41, 5.74) is 2.89. The maximum atomic E-state index is 10.9. The summed E-state index contributed by atoms with van der Waals surface area (Å²) in [6, 6.07) is 3.29. The first-order valence-electron chi connectivity index (χ1n) is 5.78. The molecule has 2 heterocycles. The van der Waals surface area contributed by atoms with Crippen molar-refractivity contribution in [1.82, 2.24) is 15.4 Å². The molecule has 7 nitrogen and oxygen atoms in total. The summed E-state index contributed by atoms with van der Waals surface area (Å²) in [6.45, 7) is 0. The second kappa shape index (κ2) is 9.23. The number of halogens is 2. The van der Waals surface area contributed by atoms with E-state index in [0.717, 1.165) is 8.95 Å². The Labute approximate surface area is 143 Å². The van der Waals surface area contributed by atoms with E-state index in [1.807, 2.05) is 5.43 Å². The van der Waals surface area contributed by atoms with Gasteiger partial charge in [-0.25, -0.2) is 10.6 Å². The molecule has 0 aliphatic carbocycles. The van der Waals surface area contributed by atoms with Gasteiger partial charge in [0.25, 0.3) is 5.91 Å². The third-order valence-corrected chi connectivity index (χ3v) is 3.09. The summed E-state index contributed by atoms with van der Waals surface area (Å²) in [5, 5.41) is 0. The molecule has 0 radical (unpaired) electrons. The molecule has 2 aromatic heterocycles. The van der Waals surface area contributed by atoms with Crippen LogP contribution in [0.4, 0.5) is 0 Å². The minimum atomic E-state index is -0.376. The van der Waals surface area contributed by atoms with Crippen molar-refractivity contribution in [3.63, 3.8) is 0 Å². The number of rotatable bonds is 2. The highest BCUT2D eigenvalue weighted by atomic mass is 79.9. The van der Waals surface area contributed by atoms with E-state index in [4.69, 9.17) is 5.84 Å². The van der Waals surface area contributed by atoms with Gasteiger partial charge < -0.3 is 4.74 Å². The molecular weight excluding hydrogens is 420 g/mol. The number of nitrogen functional groups attached to an aromatic ring is 1. The lowest BCUT2D eigenvalue weighted by molar-refractivity contribution is 0.0600. The molecule has 0 aliphatic heterocycles. The van der Waals surface area contributed by atoms with Crippen molar-refractivity contribution >= 4 is 43.7 Å². The fourth-order valence-corrected chi connectivity index (χ4v) is 1.99. The molecule has 1 amide bonds. The van der Waals surface area contributed by atoms with Gasteiger partial charge in [-0.2, -0.15) is 0 Å². The normalized spacial score (nSPS) is 9.27. The molecule has 0 atom stereocenters. The van der Waals surface area contributed by atoms with Gasteiger partial charge in [0, 0.05) is 33.7 Å². The Morgan fingerprint density at radius 1 is 1.05 bits per heavy atom. The zero-order chi connectivity index (χ0) is 16.5. The second-order valence-corrected chi connectivity index (χ2v) is 5.58. The number of methoxy groups -OCH3 is 1. The van der Waals surface area contributed by atoms with Crippen LogP contribution in [0.25, 0.3) is 0 Å². The minimum absolute atomic E-state index is 0.348. The number of hydrogen-bond acceptors (Lipinski definition) is 6. The largest absolute Gasteiger partial charge is 0.465 e. The number of nitrogens with one attached hydrogen (secondary N) is 1. The van der Waals surface area contributed by atoms with E-state index in [9.17, 15) is 9.59 Å². The van der Waals surface area contributed by atoms with Crippen molar-refractivity contribution in [2.24, 2.45) is 5.84 Å². The van der Waals surface area contributed by atoms with Gasteiger partial charge in [-0.3, -0.25) is 20.2 Å². The molecule has 3 N–H and O–H groups in total. The van der Waals surface area contributed by atoms with Crippen LogP contribution in [0.5, 0.6) is 0 Å². The number of nitrogens with two attached hydrogens (primary N) is 1. The number of pyridine rings is 2. The zero-order valence-corrected chi connectivity index (χ0v) is 14.6. The summed E-state index contributed by atoms with van der Waals surface area (Å²) < 4.78 is 6.00. The van der Waals surface area contributed by atoms with E-state index < -0.39 is 0 Å². The standard InChI is InChI=1S/C7H6BrNO2.C6H6BrN3O/c1-11-7(10)5-2-6(8)4-9-3-5;7-5-1-4(2-9-3-5)6(11)10-8/h2-4H,1H3;1-3H,8H2,(H,10,11). The fourth-order valence-electron chi connectivity index (χ4n) is 1.26. The Bertz CT molecular complexity index is 610. The van der Waals surface area contributed by atoms with E-state index in [2.05, 4.69) is 46.6 Å². The molecule has 0 saturated carbocycles. The SMILES string of the molecule is COC(=O)c1cncc(Br)c1.NNC(=O)c1cncc(Br)c1. The number of hydrazine groups is 1. The van der Waals surface area contributed by atoms with E-state index in [-0.39, 0.29) is 11.9 Å². The van der Waals surface area contributed by atoms with Crippen molar-refractivity contribution in [2.75, 3.05) is 7.11 Å². The van der Waals surface area contributed by atoms with Crippen LogP contribution >= 0.6 is 31.9 Å². The van der Waals surface area contributed by atoms with Gasteiger partial charge >= 0.3 is 5.97 Å². The molecule has 2 rings (SSSR count). The Kier molecular flexibility index (Phi) is 7.64. The summed E-state index contributed by atoms with van der Waals surface area (Å²) in [4.78, 5) is 29.3. The number of amides is 1. The first kappa shape index (κ1) is 18.2. The van der Waals surface area contributed by atoms with E-state index in [1.54, 1.807) is 24.5 Å². The van der Waals surface area contributed by atoms with Crippen molar-refractivity contribution in [3.05, 3.63) is 57.0 Å². The highest BCUT2D eigenvalue weighted by Gasteiger charge is 2.04. The van der Waals surface area contributed by atoms with Crippen LogP contribution in [-0.4, -0.2) is 29.0 Å². The maximum absolute atomic E-state index is 10.9. The molecule has 0 aromatic carbocycles. The lowest BCUT2D eigenvalue weighted by atomic mass is 10.3. The topological polar surface area (TPSA) is 107 Å². The molecule has 9 heteroatoms. The zero-order valence-electron chi connectivity index (χ0n) is 11.4. The molecule has 116 valence electrons. The molecule has 0 aliphatic rings. The van der Waals surface area contributed by atoms with Gasteiger partial charge in [-0.1, -0.05) is 0 Å². The quantitative estimate of drug-likeness (QED) is 0.326. The van der Waals surface area contributed by atoms with Gasteiger partial charge in [-0.15, -0.1) is 0 Å². The first-order chi connectivity index (χ1) is 10.5. The molecule has 0 spiro atoms. The van der Waals surface area contributed by atoms with Gasteiger partial charge in [0.15, 0.2) is 0 Å². The van der Waals surface area contributed by atoms with Crippen LogP contribution in [0.15, 0.2) is 45.9 Å². The summed E-state index contributed by atoms with van der Waals surface area (Å²) in [5.74, 6) is 4.19. The van der Waals surface area contributed by atoms with E-state index in [1.165, 1.54) is 19.5 Å². The van der Waals surface area contributed by atoms with Crippen molar-refractivity contribution in [2.45, 2.75) is 0 Å². The first-order valence-corrected chi connectivity index (χ1v) is 7.37. The predicted octanol–water partition coefficient (Wildman–Crippen LogP) is 2.08. The van der Waals surface area contributed by atoms with Gasteiger partial charge in [0.2, 0.25) is 0 Å². The number of ether oxygens (including phenoxy) is 1. The minimum Gasteiger partial charge on any atom is -0.465 e. The fraction of sp³-hybridized carbons (Fsp3) is 0.0769. The summed E-state index contributed by atoms with van der Waals surface area (Å²) >= 11 is 6.37. The lowest BCUT2D eigenvalue weighted by Gasteiger charge is -1.97. The number of carbonyl (C=O) groups excluding carboxylic acids is 2. The van der Waals surface area contributed by atoms with Crippen LogP contribution in [0.2, 0.25) is 0 Å². The highest BCUT2D eigenvalue weighted by molar-refractivity contribution is 9.10.